The van der Waals surface area contributed by atoms with Gasteiger partial charge in [0.05, 0.1) is 35.0 Å². The maximum absolute atomic E-state index is 13.9. The van der Waals surface area contributed by atoms with E-state index < -0.39 is 11.9 Å². The highest BCUT2D eigenvalue weighted by molar-refractivity contribution is 5.65. The molecular weight excluding hydrogens is 500 g/mol. The lowest BCUT2D eigenvalue weighted by atomic mass is 10.1. The minimum absolute atomic E-state index is 0.0230. The summed E-state index contributed by atoms with van der Waals surface area (Å²) in [6, 6.07) is 6.89. The van der Waals surface area contributed by atoms with Gasteiger partial charge in [0, 0.05) is 45.4 Å². The number of hydrogen-bond acceptors (Lipinski definition) is 10. The van der Waals surface area contributed by atoms with Crippen molar-refractivity contribution < 1.29 is 23.4 Å². The maximum atomic E-state index is 13.9. The fraction of sp³-hybridized carbons (Fsp3) is 0.375. The third-order valence-electron chi connectivity index (χ3n) is 5.53. The molecule has 12 nitrogen and oxygen atoms in total. The van der Waals surface area contributed by atoms with Crippen LogP contribution in [0, 0.1) is 6.92 Å². The zero-order chi connectivity index (χ0) is 27.9. The van der Waals surface area contributed by atoms with Crippen molar-refractivity contribution in [2.75, 3.05) is 31.6 Å². The highest BCUT2D eigenvalue weighted by Gasteiger charge is 2.35. The molecule has 0 unspecified atom stereocenters. The molecule has 3 aromatic rings. The number of rotatable bonds is 7. The maximum Gasteiger partial charge on any atom is 0.300 e. The van der Waals surface area contributed by atoms with Gasteiger partial charge in [-0.15, -0.1) is 0 Å². The molecule has 4 heterocycles. The van der Waals surface area contributed by atoms with Crippen LogP contribution in [-0.4, -0.2) is 73.5 Å². The fourth-order valence-electron chi connectivity index (χ4n) is 3.81. The molecule has 5 N–H and O–H groups in total. The SMILES string of the molecule is CC(=O)O.Cc1nc(/C(N)=C(\COc2cc(-n3cccn3)ncn2)N(C)N)ccc1N1CCCC(F)(F)C1. The lowest BCUT2D eigenvalue weighted by Crippen LogP contribution is -2.43. The van der Waals surface area contributed by atoms with Crippen LogP contribution in [0.4, 0.5) is 14.5 Å². The Hall–Kier alpha value is -4.33. The number of likely N-dealkylation sites (N-methyl/N-ethyl adjacent to an activating group) is 1. The van der Waals surface area contributed by atoms with Crippen LogP contribution in [0.2, 0.25) is 0 Å². The van der Waals surface area contributed by atoms with E-state index in [4.69, 9.17) is 26.2 Å². The van der Waals surface area contributed by atoms with Crippen molar-refractivity contribution >= 4 is 17.4 Å². The number of piperidine rings is 1. The number of nitrogens with zero attached hydrogens (tertiary/aromatic N) is 7. The number of ether oxygens (including phenoxy) is 1. The van der Waals surface area contributed by atoms with Crippen LogP contribution in [0.15, 0.2) is 48.7 Å². The molecule has 204 valence electrons. The summed E-state index contributed by atoms with van der Waals surface area (Å²) < 4.78 is 35.1. The normalized spacial score (nSPS) is 15.2. The standard InChI is InChI=1S/C22H27F2N9O.C2H4O2/c1-15-17(32-9-3-7-22(23,24)13-32)6-5-16(30-15)21(25)18(31(2)26)12-34-20-11-19(27-14-28-20)33-10-4-8-29-33;1-2(3)4/h4-6,8,10-11,14H,3,7,9,12-13,25-26H2,1-2H3;1H3,(H,3,4)/b21-18-;. The molecule has 0 aromatic carbocycles. The predicted octanol–water partition coefficient (Wildman–Crippen LogP) is 2.20. The number of alkyl halides is 2. The highest BCUT2D eigenvalue weighted by atomic mass is 19.3. The molecule has 0 amide bonds. The monoisotopic (exact) mass is 531 g/mol. The van der Waals surface area contributed by atoms with E-state index >= 15 is 0 Å². The van der Waals surface area contributed by atoms with E-state index in [0.717, 1.165) is 6.92 Å². The second-order valence-electron chi connectivity index (χ2n) is 8.63. The van der Waals surface area contributed by atoms with Gasteiger partial charge in [0.1, 0.15) is 12.9 Å². The van der Waals surface area contributed by atoms with Crippen molar-refractivity contribution in [3.05, 3.63) is 60.1 Å². The predicted molar refractivity (Wildman–Crippen MR) is 136 cm³/mol. The van der Waals surface area contributed by atoms with E-state index in [-0.39, 0.29) is 19.6 Å². The molecular formula is C24H31F2N9O3. The molecule has 0 saturated carbocycles. The number of halogens is 2. The Kier molecular flexibility index (Phi) is 9.12. The second kappa shape index (κ2) is 12.3. The number of nitrogens with two attached hydrogens (primary N) is 2. The average molecular weight is 532 g/mol. The Morgan fingerprint density at radius 3 is 2.66 bits per heavy atom. The minimum Gasteiger partial charge on any atom is -0.481 e. The topological polar surface area (TPSA) is 162 Å². The van der Waals surface area contributed by atoms with Gasteiger partial charge in [-0.1, -0.05) is 0 Å². The van der Waals surface area contributed by atoms with Gasteiger partial charge >= 0.3 is 0 Å². The lowest BCUT2D eigenvalue weighted by Gasteiger charge is -2.34. The zero-order valence-corrected chi connectivity index (χ0v) is 21.4. The lowest BCUT2D eigenvalue weighted by molar-refractivity contribution is -0.134. The summed E-state index contributed by atoms with van der Waals surface area (Å²) in [4.78, 5) is 23.5. The van der Waals surface area contributed by atoms with E-state index in [1.807, 2.05) is 0 Å². The number of pyridine rings is 1. The molecule has 38 heavy (non-hydrogen) atoms. The van der Waals surface area contributed by atoms with Crippen molar-refractivity contribution in [1.82, 2.24) is 29.7 Å². The van der Waals surface area contributed by atoms with Crippen LogP contribution in [0.1, 0.15) is 31.2 Å². The molecule has 0 bridgehead atoms. The molecule has 0 spiro atoms. The highest BCUT2D eigenvalue weighted by Crippen LogP contribution is 2.31. The van der Waals surface area contributed by atoms with Gasteiger partial charge in [-0.05, 0) is 31.5 Å². The van der Waals surface area contributed by atoms with Gasteiger partial charge in [0.25, 0.3) is 11.9 Å². The van der Waals surface area contributed by atoms with Crippen LogP contribution >= 0.6 is 0 Å². The summed E-state index contributed by atoms with van der Waals surface area (Å²) in [5.41, 5.74) is 8.92. The number of carboxylic acid groups (broad SMARTS) is 1. The first-order valence-electron chi connectivity index (χ1n) is 11.7. The van der Waals surface area contributed by atoms with Crippen LogP contribution in [0.3, 0.4) is 0 Å². The van der Waals surface area contributed by atoms with E-state index in [2.05, 4.69) is 20.1 Å². The van der Waals surface area contributed by atoms with Crippen molar-refractivity contribution in [2.45, 2.75) is 32.6 Å². The van der Waals surface area contributed by atoms with Gasteiger partial charge in [0.2, 0.25) is 5.88 Å². The van der Waals surface area contributed by atoms with Crippen LogP contribution in [-0.2, 0) is 4.79 Å². The summed E-state index contributed by atoms with van der Waals surface area (Å²) in [5.74, 6) is 3.34. The average Bonchev–Trinajstić information content (AvgIpc) is 3.38. The third kappa shape index (κ3) is 7.59. The Labute approximate surface area is 218 Å². The van der Waals surface area contributed by atoms with E-state index in [9.17, 15) is 8.78 Å². The first kappa shape index (κ1) is 28.2. The number of aryl methyl sites for hydroxylation is 1. The number of carbonyl (C=O) groups is 1. The molecule has 0 atom stereocenters. The smallest absolute Gasteiger partial charge is 0.300 e. The van der Waals surface area contributed by atoms with Crippen LogP contribution in [0.5, 0.6) is 5.88 Å². The number of hydrogen-bond donors (Lipinski definition) is 3. The molecule has 1 fully saturated rings. The van der Waals surface area contributed by atoms with E-state index in [0.29, 0.717) is 53.1 Å². The zero-order valence-electron chi connectivity index (χ0n) is 21.4. The Balaban J connectivity index is 0.000000934. The molecule has 1 saturated heterocycles. The Morgan fingerprint density at radius 1 is 1.32 bits per heavy atom. The van der Waals surface area contributed by atoms with Crippen molar-refractivity contribution in [3.63, 3.8) is 0 Å². The van der Waals surface area contributed by atoms with E-state index in [1.165, 1.54) is 11.3 Å². The summed E-state index contributed by atoms with van der Waals surface area (Å²) in [6.45, 7) is 3.13. The van der Waals surface area contributed by atoms with Gasteiger partial charge in [-0.2, -0.15) is 5.10 Å². The molecule has 14 heteroatoms. The molecule has 4 rings (SSSR count). The van der Waals surface area contributed by atoms with Crippen LogP contribution < -0.4 is 21.2 Å². The quantitative estimate of drug-likeness (QED) is 0.303. The van der Waals surface area contributed by atoms with Gasteiger partial charge < -0.3 is 25.5 Å². The van der Waals surface area contributed by atoms with Crippen molar-refractivity contribution in [3.8, 4) is 11.7 Å². The van der Waals surface area contributed by atoms with Gasteiger partial charge in [-0.25, -0.2) is 34.3 Å². The number of carboxylic acids is 1. The first-order valence-corrected chi connectivity index (χ1v) is 11.7. The number of aliphatic carboxylic acids is 1. The first-order chi connectivity index (χ1) is 18.0. The summed E-state index contributed by atoms with van der Waals surface area (Å²) >= 11 is 0. The number of aromatic nitrogens is 5. The fourth-order valence-corrected chi connectivity index (χ4v) is 3.81. The minimum atomic E-state index is -2.70. The Morgan fingerprint density at radius 2 is 2.05 bits per heavy atom. The second-order valence-corrected chi connectivity index (χ2v) is 8.63. The van der Waals surface area contributed by atoms with Crippen molar-refractivity contribution in [1.29, 1.82) is 0 Å². The number of hydrazine groups is 1. The molecule has 0 radical (unpaired) electrons. The van der Waals surface area contributed by atoms with Crippen LogP contribution in [0.25, 0.3) is 11.5 Å². The summed E-state index contributed by atoms with van der Waals surface area (Å²) in [6.07, 6.45) is 5.11. The molecule has 1 aliphatic rings. The van der Waals surface area contributed by atoms with Gasteiger partial charge in [0.15, 0.2) is 5.82 Å². The van der Waals surface area contributed by atoms with Gasteiger partial charge in [-0.3, -0.25) is 4.79 Å². The molecule has 3 aromatic heterocycles. The van der Waals surface area contributed by atoms with E-state index in [1.54, 1.807) is 60.2 Å². The molecule has 1 aliphatic heterocycles. The Bertz CT molecular complexity index is 1260. The summed E-state index contributed by atoms with van der Waals surface area (Å²) in [5, 5.41) is 12.9. The van der Waals surface area contributed by atoms with Crippen molar-refractivity contribution in [2.24, 2.45) is 11.6 Å². The number of anilines is 1. The third-order valence-corrected chi connectivity index (χ3v) is 5.53. The molecule has 0 aliphatic carbocycles. The summed E-state index contributed by atoms with van der Waals surface area (Å²) in [7, 11) is 1.64. The largest absolute Gasteiger partial charge is 0.481 e.